The molecule has 4 rings (SSSR count). The van der Waals surface area contributed by atoms with Crippen LogP contribution in [0.2, 0.25) is 0 Å². The van der Waals surface area contributed by atoms with Crippen molar-refractivity contribution in [2.75, 3.05) is 36.0 Å². The zero-order chi connectivity index (χ0) is 14.9. The maximum Gasteiger partial charge on any atom is 0.206 e. The second-order valence-electron chi connectivity index (χ2n) is 5.50. The van der Waals surface area contributed by atoms with E-state index in [1.165, 1.54) is 5.52 Å². The van der Waals surface area contributed by atoms with Gasteiger partial charge in [0.2, 0.25) is 5.95 Å². The molecule has 6 nitrogen and oxygen atoms in total. The summed E-state index contributed by atoms with van der Waals surface area (Å²) in [7, 11) is 2.08. The third kappa shape index (κ3) is 2.16. The minimum Gasteiger partial charge on any atom is -0.352 e. The Bertz CT molecular complexity index is 774. The Kier molecular flexibility index (Phi) is 3.14. The molecule has 1 aliphatic heterocycles. The number of imidazole rings is 1. The highest BCUT2D eigenvalue weighted by molar-refractivity contribution is 5.78. The van der Waals surface area contributed by atoms with Crippen molar-refractivity contribution in [1.82, 2.24) is 19.5 Å². The Morgan fingerprint density at radius 2 is 1.73 bits per heavy atom. The maximum atomic E-state index is 4.78. The molecule has 6 heteroatoms. The fourth-order valence-corrected chi connectivity index (χ4v) is 3.01. The number of para-hydroxylation sites is 2. The predicted octanol–water partition coefficient (Wildman–Crippen LogP) is 1.69. The smallest absolute Gasteiger partial charge is 0.206 e. The fourth-order valence-electron chi connectivity index (χ4n) is 3.01. The van der Waals surface area contributed by atoms with Crippen molar-refractivity contribution >= 4 is 22.8 Å². The van der Waals surface area contributed by atoms with E-state index >= 15 is 0 Å². The first-order chi connectivity index (χ1) is 10.8. The predicted molar refractivity (Wildman–Crippen MR) is 87.2 cm³/mol. The molecule has 0 radical (unpaired) electrons. The van der Waals surface area contributed by atoms with E-state index in [1.54, 1.807) is 12.4 Å². The van der Waals surface area contributed by atoms with Gasteiger partial charge in [-0.25, -0.2) is 9.97 Å². The lowest BCUT2D eigenvalue weighted by Crippen LogP contribution is -2.47. The molecule has 0 aliphatic carbocycles. The van der Waals surface area contributed by atoms with Gasteiger partial charge in [0, 0.05) is 45.6 Å². The summed E-state index contributed by atoms with van der Waals surface area (Å²) in [5, 5.41) is 0. The van der Waals surface area contributed by atoms with E-state index in [0.717, 1.165) is 43.5 Å². The Balaban J connectivity index is 1.54. The van der Waals surface area contributed by atoms with Gasteiger partial charge in [0.25, 0.3) is 0 Å². The Morgan fingerprint density at radius 1 is 0.955 bits per heavy atom. The third-order valence-corrected chi connectivity index (χ3v) is 4.20. The number of anilines is 2. The summed E-state index contributed by atoms with van der Waals surface area (Å²) in [6.45, 7) is 3.74. The minimum atomic E-state index is 0.932. The number of rotatable bonds is 2. The average molecular weight is 294 g/mol. The van der Waals surface area contributed by atoms with E-state index in [9.17, 15) is 0 Å². The average Bonchev–Trinajstić information content (AvgIpc) is 2.93. The third-order valence-electron chi connectivity index (χ3n) is 4.20. The lowest BCUT2D eigenvalue weighted by Gasteiger charge is -2.35. The summed E-state index contributed by atoms with van der Waals surface area (Å²) >= 11 is 0. The molecule has 1 fully saturated rings. The van der Waals surface area contributed by atoms with E-state index in [1.807, 2.05) is 12.3 Å². The Morgan fingerprint density at radius 3 is 2.45 bits per heavy atom. The zero-order valence-corrected chi connectivity index (χ0v) is 12.6. The number of nitrogens with zero attached hydrogens (tertiary/aromatic N) is 6. The number of benzene rings is 1. The van der Waals surface area contributed by atoms with Crippen molar-refractivity contribution in [2.45, 2.75) is 0 Å². The molecule has 0 atom stereocenters. The second kappa shape index (κ2) is 5.29. The topological polar surface area (TPSA) is 50.1 Å². The molecule has 0 spiro atoms. The maximum absolute atomic E-state index is 4.78. The molecule has 1 aliphatic rings. The molecule has 1 aromatic carbocycles. The number of hydrogen-bond donors (Lipinski definition) is 0. The van der Waals surface area contributed by atoms with Gasteiger partial charge in [0.15, 0.2) is 0 Å². The van der Waals surface area contributed by atoms with Crippen molar-refractivity contribution in [2.24, 2.45) is 7.05 Å². The molecule has 2 aromatic heterocycles. The monoisotopic (exact) mass is 294 g/mol. The van der Waals surface area contributed by atoms with Crippen molar-refractivity contribution < 1.29 is 0 Å². The van der Waals surface area contributed by atoms with Gasteiger partial charge in [-0.3, -0.25) is 4.98 Å². The molecule has 22 heavy (non-hydrogen) atoms. The van der Waals surface area contributed by atoms with Crippen LogP contribution in [0.4, 0.5) is 11.8 Å². The summed E-state index contributed by atoms with van der Waals surface area (Å²) in [5.41, 5.74) is 2.23. The standard InChI is InChI=1S/C16H18N6/c1-20-14-5-3-2-4-13(14)19-16(20)22-10-8-21(9-11-22)15-12-17-6-7-18-15/h2-7,12H,8-11H2,1H3. The van der Waals surface area contributed by atoms with Gasteiger partial charge in [0.05, 0.1) is 17.2 Å². The second-order valence-corrected chi connectivity index (χ2v) is 5.50. The fraction of sp³-hybridized carbons (Fsp3) is 0.312. The van der Waals surface area contributed by atoms with E-state index < -0.39 is 0 Å². The van der Waals surface area contributed by atoms with Gasteiger partial charge in [0.1, 0.15) is 5.82 Å². The van der Waals surface area contributed by atoms with Crippen molar-refractivity contribution in [3.63, 3.8) is 0 Å². The van der Waals surface area contributed by atoms with Gasteiger partial charge < -0.3 is 14.4 Å². The number of aryl methyl sites for hydroxylation is 1. The first-order valence-corrected chi connectivity index (χ1v) is 7.50. The SMILES string of the molecule is Cn1c(N2CCN(c3cnccn3)CC2)nc2ccccc21. The quantitative estimate of drug-likeness (QED) is 0.720. The van der Waals surface area contributed by atoms with E-state index in [4.69, 9.17) is 4.98 Å². The van der Waals surface area contributed by atoms with Crippen molar-refractivity contribution in [1.29, 1.82) is 0 Å². The number of fused-ring (bicyclic) bond motifs is 1. The van der Waals surface area contributed by atoms with Crippen LogP contribution in [0.3, 0.4) is 0 Å². The van der Waals surface area contributed by atoms with E-state index in [-0.39, 0.29) is 0 Å². The lowest BCUT2D eigenvalue weighted by atomic mass is 10.3. The van der Waals surface area contributed by atoms with Crippen molar-refractivity contribution in [3.05, 3.63) is 42.9 Å². The van der Waals surface area contributed by atoms with E-state index in [0.29, 0.717) is 0 Å². The molecule has 3 heterocycles. The highest BCUT2D eigenvalue weighted by Gasteiger charge is 2.21. The summed E-state index contributed by atoms with van der Waals surface area (Å²) in [6, 6.07) is 8.27. The largest absolute Gasteiger partial charge is 0.352 e. The number of piperazine rings is 1. The summed E-state index contributed by atoms with van der Waals surface area (Å²) < 4.78 is 2.17. The van der Waals surface area contributed by atoms with Crippen LogP contribution in [0, 0.1) is 0 Å². The molecule has 3 aromatic rings. The highest BCUT2D eigenvalue weighted by atomic mass is 15.4. The van der Waals surface area contributed by atoms with Crippen LogP contribution < -0.4 is 9.80 Å². The molecule has 112 valence electrons. The van der Waals surface area contributed by atoms with Gasteiger partial charge in [-0.1, -0.05) is 12.1 Å². The normalized spacial score (nSPS) is 15.5. The van der Waals surface area contributed by atoms with Crippen LogP contribution in [0.1, 0.15) is 0 Å². The molecule has 0 bridgehead atoms. The van der Waals surface area contributed by atoms with E-state index in [2.05, 4.69) is 49.6 Å². The van der Waals surface area contributed by atoms with Crippen molar-refractivity contribution in [3.8, 4) is 0 Å². The van der Waals surface area contributed by atoms with Gasteiger partial charge in [-0.2, -0.15) is 0 Å². The summed E-state index contributed by atoms with van der Waals surface area (Å²) in [5.74, 6) is 1.99. The Labute approximate surface area is 129 Å². The Hall–Kier alpha value is -2.63. The summed E-state index contributed by atoms with van der Waals surface area (Å²) in [4.78, 5) is 17.9. The number of aromatic nitrogens is 4. The van der Waals surface area contributed by atoms with Gasteiger partial charge in [-0.05, 0) is 12.1 Å². The first-order valence-electron chi connectivity index (χ1n) is 7.50. The van der Waals surface area contributed by atoms with Crippen LogP contribution in [0.15, 0.2) is 42.9 Å². The first kappa shape index (κ1) is 13.1. The minimum absolute atomic E-state index is 0.932. The van der Waals surface area contributed by atoms with Crippen LogP contribution in [0.25, 0.3) is 11.0 Å². The molecule has 0 amide bonds. The van der Waals surface area contributed by atoms with Crippen LogP contribution in [-0.4, -0.2) is 45.7 Å². The molecule has 0 unspecified atom stereocenters. The summed E-state index contributed by atoms with van der Waals surface area (Å²) in [6.07, 6.45) is 5.27. The molecule has 1 saturated heterocycles. The van der Waals surface area contributed by atoms with Gasteiger partial charge >= 0.3 is 0 Å². The van der Waals surface area contributed by atoms with Crippen LogP contribution in [-0.2, 0) is 7.05 Å². The van der Waals surface area contributed by atoms with Crippen LogP contribution >= 0.6 is 0 Å². The lowest BCUT2D eigenvalue weighted by molar-refractivity contribution is 0.626. The molecular formula is C16H18N6. The molecule has 0 N–H and O–H groups in total. The van der Waals surface area contributed by atoms with Crippen LogP contribution in [0.5, 0.6) is 0 Å². The van der Waals surface area contributed by atoms with Gasteiger partial charge in [-0.15, -0.1) is 0 Å². The number of hydrogen-bond acceptors (Lipinski definition) is 5. The molecule has 0 saturated carbocycles. The zero-order valence-electron chi connectivity index (χ0n) is 12.6. The molecular weight excluding hydrogens is 276 g/mol. The highest BCUT2D eigenvalue weighted by Crippen LogP contribution is 2.22.